The van der Waals surface area contributed by atoms with Crippen LogP contribution in [-0.4, -0.2) is 79.0 Å². The number of nitrogens with zero attached hydrogens (tertiary/aromatic N) is 6. The minimum atomic E-state index is -3.36. The van der Waals surface area contributed by atoms with Crippen molar-refractivity contribution in [3.05, 3.63) is 34.2 Å². The molecule has 2 saturated heterocycles. The Hall–Kier alpha value is -2.22. The van der Waals surface area contributed by atoms with Gasteiger partial charge in [0, 0.05) is 38.3 Å². The number of hydrogen-bond donors (Lipinski definition) is 0. The monoisotopic (exact) mass is 872 g/mol. The first-order valence-electron chi connectivity index (χ1n) is 18.9. The van der Waals surface area contributed by atoms with E-state index in [4.69, 9.17) is 67.2 Å². The molecule has 0 unspecified atom stereocenters. The Morgan fingerprint density at radius 2 is 0.830 bits per heavy atom. The quantitative estimate of drug-likeness (QED) is 0.0813. The van der Waals surface area contributed by atoms with Crippen molar-refractivity contribution in [1.29, 1.82) is 10.8 Å². The van der Waals surface area contributed by atoms with Crippen LogP contribution in [0.3, 0.4) is 0 Å². The van der Waals surface area contributed by atoms with Crippen LogP contribution in [0.2, 0.25) is 0 Å². The van der Waals surface area contributed by atoms with Crippen molar-refractivity contribution in [1.82, 2.24) is 0 Å². The Kier molecular flexibility index (Phi) is 24.2. The van der Waals surface area contributed by atoms with Gasteiger partial charge in [-0.1, -0.05) is 53.4 Å². The van der Waals surface area contributed by atoms with Crippen LogP contribution < -0.4 is 28.7 Å². The molecule has 53 heavy (non-hydrogen) atoms. The number of rotatable bonds is 18. The Morgan fingerprint density at radius 3 is 1.09 bits per heavy atom. The summed E-state index contributed by atoms with van der Waals surface area (Å²) in [7, 11) is 16.8. The molecule has 0 atom stereocenters. The molecule has 0 aliphatic carbocycles. The normalized spacial score (nSPS) is 14.1. The molecule has 2 aliphatic heterocycles. The van der Waals surface area contributed by atoms with E-state index in [0.29, 0.717) is 75.7 Å². The van der Waals surface area contributed by atoms with Crippen molar-refractivity contribution in [2.45, 2.75) is 79.1 Å². The van der Waals surface area contributed by atoms with Crippen LogP contribution in [0, 0.1) is 10.8 Å². The molecular formula is C36H56Cl4N6O6Zn. The van der Waals surface area contributed by atoms with E-state index in [9.17, 15) is 10.8 Å². The first-order valence-corrected chi connectivity index (χ1v) is 34.5. The molecule has 12 nitrogen and oxygen atoms in total. The summed E-state index contributed by atoms with van der Waals surface area (Å²) < 4.78 is 34.4. The number of hydrogen-bond acceptors (Lipinski definition) is 10. The second kappa shape index (κ2) is 27.4. The van der Waals surface area contributed by atoms with E-state index in [0.717, 1.165) is 100 Å². The summed E-state index contributed by atoms with van der Waals surface area (Å²) >= 11 is 0. The molecule has 2 aliphatic rings. The summed E-state index contributed by atoms with van der Waals surface area (Å²) in [6, 6.07) is 7.39. The van der Waals surface area contributed by atoms with Gasteiger partial charge in [-0.2, -0.15) is 0 Å². The Labute approximate surface area is 334 Å². The summed E-state index contributed by atoms with van der Waals surface area (Å²) in [5, 5.41) is 18.7. The van der Waals surface area contributed by atoms with E-state index in [2.05, 4.69) is 47.4 Å². The van der Waals surface area contributed by atoms with Gasteiger partial charge in [0.25, 0.3) is 0 Å². The molecule has 2 fully saturated rings. The first kappa shape index (κ1) is 46.9. The molecule has 2 aromatic rings. The summed E-state index contributed by atoms with van der Waals surface area (Å²) in [5.41, 5.74) is 2.78. The summed E-state index contributed by atoms with van der Waals surface area (Å²) in [6.07, 6.45) is 8.16. The fraction of sp³-hybridized carbons (Fsp3) is 0.667. The van der Waals surface area contributed by atoms with Crippen molar-refractivity contribution in [2.24, 2.45) is 0 Å². The molecule has 4 rings (SSSR count). The van der Waals surface area contributed by atoms with Crippen molar-refractivity contribution < 1.29 is 39.2 Å². The third kappa shape index (κ3) is 18.8. The summed E-state index contributed by atoms with van der Waals surface area (Å²) in [5.74, 6) is 2.66. The maximum absolute atomic E-state index is 9.33. The first-order chi connectivity index (χ1) is 25.6. The van der Waals surface area contributed by atoms with Crippen molar-refractivity contribution in [3.63, 3.8) is 0 Å². The van der Waals surface area contributed by atoms with Crippen LogP contribution in [0.25, 0.3) is 9.95 Å². The number of unbranched alkanes of at least 4 members (excludes halogenated alkanes) is 4. The Balaban J connectivity index is 0.000000325. The van der Waals surface area contributed by atoms with E-state index >= 15 is 0 Å². The van der Waals surface area contributed by atoms with E-state index in [1.54, 1.807) is 12.1 Å². The molecule has 0 bridgehead atoms. The van der Waals surface area contributed by atoms with Crippen LogP contribution in [-0.2, 0) is 20.3 Å². The zero-order valence-corrected chi connectivity index (χ0v) is 37.8. The topological polar surface area (TPSA) is 118 Å². The predicted octanol–water partition coefficient (Wildman–Crippen LogP) is 11.5. The van der Waals surface area contributed by atoms with Gasteiger partial charge in [0.05, 0.1) is 76.4 Å². The fourth-order valence-corrected chi connectivity index (χ4v) is 5.10. The van der Waals surface area contributed by atoms with Gasteiger partial charge in [-0.3, -0.25) is 0 Å². The van der Waals surface area contributed by atoms with E-state index in [-0.39, 0.29) is 0 Å². The molecule has 0 saturated carbocycles. The molecule has 0 amide bonds. The van der Waals surface area contributed by atoms with Gasteiger partial charge >= 0.3 is 61.0 Å². The number of anilines is 2. The van der Waals surface area contributed by atoms with Crippen LogP contribution in [0.4, 0.5) is 22.7 Å². The van der Waals surface area contributed by atoms with E-state index < -0.39 is 10.8 Å². The van der Waals surface area contributed by atoms with Gasteiger partial charge in [-0.25, -0.2) is 0 Å². The number of benzene rings is 2. The van der Waals surface area contributed by atoms with E-state index in [1.807, 2.05) is 12.1 Å². The van der Waals surface area contributed by atoms with Gasteiger partial charge in [0.15, 0.2) is 21.5 Å². The standard InChI is InChI=1S/2C18H28N3O3.4ClH.Zn/c2*1-3-5-9-23-17-14-16(21-7-11-22-12-8-21)18(13-15(17)20-19)24-10-6-4-2;;;;;/h2*13-14H,3-12H2,1-2H3;4*1H;/q2*+1;;;;;+2/p-4. The predicted molar refractivity (Wildman–Crippen MR) is 213 cm³/mol. The molecule has 2 heterocycles. The number of diazo groups is 2. The SMILES string of the molecule is CCCCOc1cc(N2CCOCC2)c(OCCCC)cc1[N+]#N.CCCCOc1cc(N2CCOCC2)c(OCCCC)cc1[N+]#N.[Cl][Zn-2]([Cl])([Cl])[Cl]. The van der Waals surface area contributed by atoms with E-state index in [1.165, 1.54) is 0 Å². The average molecular weight is 876 g/mol. The molecule has 0 radical (unpaired) electrons. The van der Waals surface area contributed by atoms with Gasteiger partial charge in [-0.15, -0.1) is 0 Å². The second-order valence-electron chi connectivity index (χ2n) is 12.4. The van der Waals surface area contributed by atoms with Crippen LogP contribution in [0.15, 0.2) is 24.3 Å². The molecule has 0 aromatic heterocycles. The zero-order valence-electron chi connectivity index (χ0n) is 31.8. The van der Waals surface area contributed by atoms with Crippen molar-refractivity contribution >= 4 is 61.5 Å². The molecular weight excluding hydrogens is 820 g/mol. The number of morpholine rings is 2. The van der Waals surface area contributed by atoms with Crippen LogP contribution in [0.1, 0.15) is 79.1 Å². The van der Waals surface area contributed by atoms with Gasteiger partial charge < -0.3 is 38.2 Å². The van der Waals surface area contributed by atoms with Crippen LogP contribution in [0.5, 0.6) is 23.0 Å². The average Bonchev–Trinajstić information content (AvgIpc) is 3.16. The Bertz CT molecular complexity index is 1310. The minimum absolute atomic E-state index is 0.412. The third-order valence-corrected chi connectivity index (χ3v) is 8.02. The van der Waals surface area contributed by atoms with Crippen molar-refractivity contribution in [3.8, 4) is 23.0 Å². The molecule has 296 valence electrons. The Morgan fingerprint density at radius 1 is 0.547 bits per heavy atom. The zero-order chi connectivity index (χ0) is 38.9. The summed E-state index contributed by atoms with van der Waals surface area (Å²) in [6.45, 7) is 17.1. The van der Waals surface area contributed by atoms with Gasteiger partial charge in [0.1, 0.15) is 0 Å². The maximum atomic E-state index is 9.33. The molecule has 17 heteroatoms. The third-order valence-electron chi connectivity index (χ3n) is 8.02. The molecule has 2 aromatic carbocycles. The van der Waals surface area contributed by atoms with Crippen LogP contribution >= 0.6 is 38.8 Å². The second-order valence-corrected chi connectivity index (χ2v) is 40.1. The van der Waals surface area contributed by atoms with Gasteiger partial charge in [-0.05, 0) is 25.7 Å². The number of ether oxygens (including phenoxy) is 6. The van der Waals surface area contributed by atoms with Gasteiger partial charge in [0.2, 0.25) is 22.3 Å². The molecule has 0 spiro atoms. The number of halogens is 4. The van der Waals surface area contributed by atoms with Crippen molar-refractivity contribution in [2.75, 3.05) is 88.8 Å². The summed E-state index contributed by atoms with van der Waals surface area (Å²) in [4.78, 5) is 11.2. The molecule has 0 N–H and O–H groups in total. The fourth-order valence-electron chi connectivity index (χ4n) is 5.10.